The number of carbonyl (C=O) groups excluding carboxylic acids is 1. The normalized spacial score (nSPS) is 10.1. The summed E-state index contributed by atoms with van der Waals surface area (Å²) in [7, 11) is 0. The summed E-state index contributed by atoms with van der Waals surface area (Å²) in [5.74, 6) is -0.651. The number of nitrogens with zero attached hydrogens (tertiary/aromatic N) is 1. The Morgan fingerprint density at radius 3 is 2.47 bits per heavy atom. The van der Waals surface area contributed by atoms with Crippen molar-refractivity contribution in [3.8, 4) is 5.69 Å². The molecule has 0 bridgehead atoms. The van der Waals surface area contributed by atoms with Crippen LogP contribution >= 0.6 is 0 Å². The highest BCUT2D eigenvalue weighted by Crippen LogP contribution is 2.02. The molecule has 5 heteroatoms. The van der Waals surface area contributed by atoms with Crippen LogP contribution in [0.1, 0.15) is 10.5 Å². The van der Waals surface area contributed by atoms with E-state index in [-0.39, 0.29) is 11.3 Å². The van der Waals surface area contributed by atoms with E-state index >= 15 is 0 Å². The Hall–Kier alpha value is -2.30. The summed E-state index contributed by atoms with van der Waals surface area (Å²) in [5, 5.41) is 2.63. The number of para-hydroxylation sites is 1. The molecule has 15 heavy (non-hydrogen) atoms. The minimum absolute atomic E-state index is 0.101. The molecule has 0 aliphatic heterocycles. The van der Waals surface area contributed by atoms with Crippen molar-refractivity contribution in [2.45, 2.75) is 0 Å². The number of nitrogens with one attached hydrogen (secondary N) is 1. The molecule has 3 N–H and O–H groups in total. The van der Waals surface area contributed by atoms with Crippen LogP contribution in [-0.2, 0) is 0 Å². The maximum atomic E-state index is 11.5. The van der Waals surface area contributed by atoms with Gasteiger partial charge in [-0.1, -0.05) is 18.2 Å². The van der Waals surface area contributed by atoms with Crippen molar-refractivity contribution in [2.24, 2.45) is 5.73 Å². The standard InChI is InChI=1S/C10H9N3O2/c11-10(15)8-6-9(14)13(12-8)7-4-2-1-3-5-7/h1-6,12H,(H2,11,15). The van der Waals surface area contributed by atoms with Crippen LogP contribution in [0.25, 0.3) is 5.69 Å². The Bertz CT molecular complexity index is 539. The lowest BCUT2D eigenvalue weighted by molar-refractivity contribution is 0.0995. The number of aromatic nitrogens is 2. The molecule has 0 spiro atoms. The number of carbonyl (C=O) groups is 1. The van der Waals surface area contributed by atoms with Gasteiger partial charge in [0.25, 0.3) is 11.5 Å². The maximum absolute atomic E-state index is 11.5. The molecule has 0 radical (unpaired) electrons. The van der Waals surface area contributed by atoms with E-state index in [1.807, 2.05) is 6.07 Å². The zero-order valence-electron chi connectivity index (χ0n) is 7.81. The van der Waals surface area contributed by atoms with Gasteiger partial charge >= 0.3 is 0 Å². The third kappa shape index (κ3) is 1.67. The quantitative estimate of drug-likeness (QED) is 0.734. The topological polar surface area (TPSA) is 80.9 Å². The molecule has 0 fully saturated rings. The van der Waals surface area contributed by atoms with Crippen molar-refractivity contribution in [1.29, 1.82) is 0 Å². The van der Waals surface area contributed by atoms with Crippen molar-refractivity contribution >= 4 is 5.91 Å². The number of aromatic amines is 1. The lowest BCUT2D eigenvalue weighted by Crippen LogP contribution is -2.13. The monoisotopic (exact) mass is 203 g/mol. The highest BCUT2D eigenvalue weighted by atomic mass is 16.2. The lowest BCUT2D eigenvalue weighted by atomic mass is 10.3. The smallest absolute Gasteiger partial charge is 0.271 e. The van der Waals surface area contributed by atoms with E-state index in [1.165, 1.54) is 10.7 Å². The number of benzene rings is 1. The van der Waals surface area contributed by atoms with E-state index in [2.05, 4.69) is 5.10 Å². The van der Waals surface area contributed by atoms with E-state index in [9.17, 15) is 9.59 Å². The van der Waals surface area contributed by atoms with Gasteiger partial charge in [-0.2, -0.15) is 0 Å². The van der Waals surface area contributed by atoms with Crippen LogP contribution in [0.2, 0.25) is 0 Å². The first-order valence-electron chi connectivity index (χ1n) is 4.36. The molecule has 76 valence electrons. The number of hydrogen-bond acceptors (Lipinski definition) is 2. The van der Waals surface area contributed by atoms with E-state index < -0.39 is 5.91 Å². The lowest BCUT2D eigenvalue weighted by Gasteiger charge is -1.99. The second-order valence-corrected chi connectivity index (χ2v) is 3.04. The van der Waals surface area contributed by atoms with Gasteiger partial charge in [-0.3, -0.25) is 14.7 Å². The Morgan fingerprint density at radius 2 is 1.93 bits per heavy atom. The molecule has 1 aromatic heterocycles. The van der Waals surface area contributed by atoms with Crippen LogP contribution < -0.4 is 11.3 Å². The third-order valence-corrected chi connectivity index (χ3v) is 2.00. The van der Waals surface area contributed by atoms with Crippen molar-refractivity contribution in [3.05, 3.63) is 52.4 Å². The summed E-state index contributed by atoms with van der Waals surface area (Å²) >= 11 is 0. The first-order valence-corrected chi connectivity index (χ1v) is 4.36. The van der Waals surface area contributed by atoms with Crippen molar-refractivity contribution in [2.75, 3.05) is 0 Å². The minimum Gasteiger partial charge on any atom is -0.364 e. The third-order valence-electron chi connectivity index (χ3n) is 2.00. The molecule has 0 saturated heterocycles. The predicted molar refractivity (Wildman–Crippen MR) is 54.9 cm³/mol. The maximum Gasteiger partial charge on any atom is 0.271 e. The molecule has 0 atom stereocenters. The molecule has 1 amide bonds. The SMILES string of the molecule is NC(=O)c1cc(=O)n(-c2ccccc2)[nH]1. The van der Waals surface area contributed by atoms with Crippen LogP contribution in [-0.4, -0.2) is 15.7 Å². The average Bonchev–Trinajstić information content (AvgIpc) is 2.62. The second-order valence-electron chi connectivity index (χ2n) is 3.04. The zero-order chi connectivity index (χ0) is 10.8. The molecule has 1 aromatic carbocycles. The van der Waals surface area contributed by atoms with Gasteiger partial charge in [0.15, 0.2) is 0 Å². The van der Waals surface area contributed by atoms with Gasteiger partial charge in [0, 0.05) is 6.07 Å². The summed E-state index contributed by atoms with van der Waals surface area (Å²) in [6.45, 7) is 0. The molecule has 2 aromatic rings. The highest BCUT2D eigenvalue weighted by Gasteiger charge is 2.07. The number of rotatable bonds is 2. The van der Waals surface area contributed by atoms with Gasteiger partial charge in [0.1, 0.15) is 5.69 Å². The first kappa shape index (κ1) is 9.26. The predicted octanol–water partition coefficient (Wildman–Crippen LogP) is 0.264. The van der Waals surface area contributed by atoms with Crippen molar-refractivity contribution in [1.82, 2.24) is 9.78 Å². The van der Waals surface area contributed by atoms with Crippen LogP contribution in [0.3, 0.4) is 0 Å². The van der Waals surface area contributed by atoms with Gasteiger partial charge in [0.05, 0.1) is 5.69 Å². The summed E-state index contributed by atoms with van der Waals surface area (Å²) < 4.78 is 1.26. The van der Waals surface area contributed by atoms with Gasteiger partial charge in [-0.15, -0.1) is 0 Å². The van der Waals surface area contributed by atoms with Crippen LogP contribution in [0.4, 0.5) is 0 Å². The molecule has 0 aliphatic rings. The van der Waals surface area contributed by atoms with Crippen molar-refractivity contribution in [3.63, 3.8) is 0 Å². The number of nitrogens with two attached hydrogens (primary N) is 1. The summed E-state index contributed by atoms with van der Waals surface area (Å²) in [4.78, 5) is 22.3. The van der Waals surface area contributed by atoms with Gasteiger partial charge in [-0.25, -0.2) is 4.68 Å². The number of primary amides is 1. The fraction of sp³-hybridized carbons (Fsp3) is 0. The largest absolute Gasteiger partial charge is 0.364 e. The van der Waals surface area contributed by atoms with Gasteiger partial charge in [0.2, 0.25) is 0 Å². The van der Waals surface area contributed by atoms with Crippen LogP contribution in [0, 0.1) is 0 Å². The van der Waals surface area contributed by atoms with Gasteiger partial charge < -0.3 is 5.73 Å². The highest BCUT2D eigenvalue weighted by molar-refractivity contribution is 5.90. The molecular formula is C10H9N3O2. The minimum atomic E-state index is -0.651. The Labute approximate surface area is 85.1 Å². The van der Waals surface area contributed by atoms with E-state index in [4.69, 9.17) is 5.73 Å². The fourth-order valence-electron chi connectivity index (χ4n) is 1.29. The Morgan fingerprint density at radius 1 is 1.27 bits per heavy atom. The Kier molecular flexibility index (Phi) is 2.13. The number of hydrogen-bond donors (Lipinski definition) is 2. The van der Waals surface area contributed by atoms with Gasteiger partial charge in [-0.05, 0) is 12.1 Å². The molecule has 2 rings (SSSR count). The Balaban J connectivity index is 2.55. The molecular weight excluding hydrogens is 194 g/mol. The molecule has 1 heterocycles. The molecule has 5 nitrogen and oxygen atoms in total. The first-order chi connectivity index (χ1) is 7.18. The summed E-state index contributed by atoms with van der Waals surface area (Å²) in [5.41, 5.74) is 5.50. The molecule has 0 saturated carbocycles. The molecule has 0 aliphatic carbocycles. The van der Waals surface area contributed by atoms with Crippen molar-refractivity contribution < 1.29 is 4.79 Å². The number of amides is 1. The number of H-pyrrole nitrogens is 1. The van der Waals surface area contributed by atoms with Crippen LogP contribution in [0.15, 0.2) is 41.2 Å². The second kappa shape index (κ2) is 3.45. The fourth-order valence-corrected chi connectivity index (χ4v) is 1.29. The summed E-state index contributed by atoms with van der Waals surface area (Å²) in [6.07, 6.45) is 0. The van der Waals surface area contributed by atoms with E-state index in [0.29, 0.717) is 5.69 Å². The van der Waals surface area contributed by atoms with E-state index in [1.54, 1.807) is 24.3 Å². The summed E-state index contributed by atoms with van der Waals surface area (Å²) in [6, 6.07) is 10.1. The molecule has 0 unspecified atom stereocenters. The zero-order valence-corrected chi connectivity index (χ0v) is 7.81. The van der Waals surface area contributed by atoms with E-state index in [0.717, 1.165) is 0 Å². The average molecular weight is 203 g/mol. The van der Waals surface area contributed by atoms with Crippen LogP contribution in [0.5, 0.6) is 0 Å².